The number of hydrogen-bond donors (Lipinski definition) is 1. The lowest BCUT2D eigenvalue weighted by atomic mass is 10.2. The Morgan fingerprint density at radius 3 is 2.88 bits per heavy atom. The average Bonchev–Trinajstić information content (AvgIpc) is 2.68. The van der Waals surface area contributed by atoms with Gasteiger partial charge in [-0.15, -0.1) is 0 Å². The molecule has 0 aromatic heterocycles. The largest absolute Gasteiger partial charge is 0.383 e. The Labute approximate surface area is 104 Å². The van der Waals surface area contributed by atoms with Crippen molar-refractivity contribution in [2.75, 3.05) is 51.9 Å². The summed E-state index contributed by atoms with van der Waals surface area (Å²) in [5.74, 6) is 0.265. The third-order valence-electron chi connectivity index (χ3n) is 3.11. The summed E-state index contributed by atoms with van der Waals surface area (Å²) in [6, 6.07) is 0.480. The summed E-state index contributed by atoms with van der Waals surface area (Å²) in [6.07, 6.45) is 3.62. The Bertz CT molecular complexity index is 306. The SMILES string of the molecule is COCCNCC1CCCN1CCS(C)(=O)=O. The van der Waals surface area contributed by atoms with Gasteiger partial charge in [-0.05, 0) is 19.4 Å². The van der Waals surface area contributed by atoms with E-state index >= 15 is 0 Å². The summed E-state index contributed by atoms with van der Waals surface area (Å²) >= 11 is 0. The summed E-state index contributed by atoms with van der Waals surface area (Å²) in [4.78, 5) is 2.28. The Balaban J connectivity index is 2.24. The van der Waals surface area contributed by atoms with Crippen LogP contribution in [0.15, 0.2) is 0 Å². The highest BCUT2D eigenvalue weighted by Crippen LogP contribution is 2.16. The summed E-state index contributed by atoms with van der Waals surface area (Å²) in [5, 5.41) is 3.34. The number of nitrogens with one attached hydrogen (secondary N) is 1. The van der Waals surface area contributed by atoms with Crippen LogP contribution in [0.3, 0.4) is 0 Å². The van der Waals surface area contributed by atoms with Crippen molar-refractivity contribution in [2.45, 2.75) is 18.9 Å². The third kappa shape index (κ3) is 6.35. The molecule has 1 atom stereocenters. The van der Waals surface area contributed by atoms with Crippen LogP contribution in [0.25, 0.3) is 0 Å². The molecular weight excluding hydrogens is 240 g/mol. The van der Waals surface area contributed by atoms with Gasteiger partial charge in [-0.2, -0.15) is 0 Å². The molecule has 0 spiro atoms. The maximum atomic E-state index is 11.1. The van der Waals surface area contributed by atoms with E-state index in [2.05, 4.69) is 10.2 Å². The highest BCUT2D eigenvalue weighted by Gasteiger charge is 2.24. The van der Waals surface area contributed by atoms with E-state index < -0.39 is 9.84 Å². The normalized spacial score (nSPS) is 22.1. The van der Waals surface area contributed by atoms with Gasteiger partial charge in [-0.25, -0.2) is 8.42 Å². The van der Waals surface area contributed by atoms with Gasteiger partial charge >= 0.3 is 0 Å². The molecule has 0 aliphatic carbocycles. The smallest absolute Gasteiger partial charge is 0.148 e. The number of sulfone groups is 1. The molecular formula is C11H24N2O3S. The number of likely N-dealkylation sites (tertiary alicyclic amines) is 1. The molecule has 1 saturated heterocycles. The molecule has 6 heteroatoms. The molecule has 0 aromatic rings. The monoisotopic (exact) mass is 264 g/mol. The second-order valence-corrected chi connectivity index (χ2v) is 6.92. The Hall–Kier alpha value is -0.170. The van der Waals surface area contributed by atoms with Crippen molar-refractivity contribution in [1.29, 1.82) is 0 Å². The van der Waals surface area contributed by atoms with Gasteiger partial charge in [0, 0.05) is 39.0 Å². The molecule has 0 aromatic carbocycles. The van der Waals surface area contributed by atoms with Gasteiger partial charge in [0.05, 0.1) is 12.4 Å². The number of rotatable bonds is 8. The van der Waals surface area contributed by atoms with E-state index in [1.807, 2.05) is 0 Å². The first-order valence-corrected chi connectivity index (χ1v) is 8.20. The van der Waals surface area contributed by atoms with Crippen LogP contribution in [-0.2, 0) is 14.6 Å². The Morgan fingerprint density at radius 1 is 1.47 bits per heavy atom. The first-order chi connectivity index (χ1) is 8.03. The van der Waals surface area contributed by atoms with Crippen LogP contribution in [0.2, 0.25) is 0 Å². The molecule has 1 unspecified atom stereocenters. The van der Waals surface area contributed by atoms with Gasteiger partial charge in [0.2, 0.25) is 0 Å². The van der Waals surface area contributed by atoms with Gasteiger partial charge in [0.15, 0.2) is 0 Å². The van der Waals surface area contributed by atoms with Crippen molar-refractivity contribution in [2.24, 2.45) is 0 Å². The van der Waals surface area contributed by atoms with Crippen LogP contribution in [-0.4, -0.2) is 71.3 Å². The standard InChI is InChI=1S/C11H24N2O3S/c1-16-8-5-12-10-11-4-3-6-13(11)7-9-17(2,14)15/h11-12H,3-10H2,1-2H3. The average molecular weight is 264 g/mol. The van der Waals surface area contributed by atoms with E-state index in [9.17, 15) is 8.42 Å². The lowest BCUT2D eigenvalue weighted by Crippen LogP contribution is -2.40. The quantitative estimate of drug-likeness (QED) is 0.612. The maximum Gasteiger partial charge on any atom is 0.148 e. The molecule has 17 heavy (non-hydrogen) atoms. The molecule has 5 nitrogen and oxygen atoms in total. The van der Waals surface area contributed by atoms with Gasteiger partial charge in [0.25, 0.3) is 0 Å². The van der Waals surface area contributed by atoms with Crippen LogP contribution in [0.4, 0.5) is 0 Å². The fourth-order valence-corrected chi connectivity index (χ4v) is 2.71. The van der Waals surface area contributed by atoms with Crippen molar-refractivity contribution in [3.8, 4) is 0 Å². The minimum absolute atomic E-state index is 0.265. The van der Waals surface area contributed by atoms with E-state index in [4.69, 9.17) is 4.74 Å². The lowest BCUT2D eigenvalue weighted by Gasteiger charge is -2.24. The maximum absolute atomic E-state index is 11.1. The van der Waals surface area contributed by atoms with Gasteiger partial charge in [-0.3, -0.25) is 4.90 Å². The zero-order chi connectivity index (χ0) is 12.7. The summed E-state index contributed by atoms with van der Waals surface area (Å²) in [5.41, 5.74) is 0. The molecule has 1 aliphatic heterocycles. The van der Waals surface area contributed by atoms with E-state index in [0.29, 0.717) is 12.6 Å². The molecule has 102 valence electrons. The molecule has 1 N–H and O–H groups in total. The second-order valence-electron chi connectivity index (χ2n) is 4.66. The van der Waals surface area contributed by atoms with Crippen LogP contribution in [0, 0.1) is 0 Å². The molecule has 0 saturated carbocycles. The van der Waals surface area contributed by atoms with Gasteiger partial charge in [0.1, 0.15) is 9.84 Å². The lowest BCUT2D eigenvalue weighted by molar-refractivity contribution is 0.193. The summed E-state index contributed by atoms with van der Waals surface area (Å²) in [7, 11) is -1.16. The van der Waals surface area contributed by atoms with Crippen molar-refractivity contribution >= 4 is 9.84 Å². The predicted octanol–water partition coefficient (Wildman–Crippen LogP) is -0.269. The zero-order valence-corrected chi connectivity index (χ0v) is 11.6. The highest BCUT2D eigenvalue weighted by molar-refractivity contribution is 7.90. The summed E-state index contributed by atoms with van der Waals surface area (Å²) in [6.45, 7) is 4.18. The third-order valence-corrected chi connectivity index (χ3v) is 4.04. The molecule has 1 fully saturated rings. The number of methoxy groups -OCH3 is 1. The van der Waals surface area contributed by atoms with E-state index in [0.717, 1.165) is 32.7 Å². The molecule has 1 heterocycles. The highest BCUT2D eigenvalue weighted by atomic mass is 32.2. The molecule has 0 amide bonds. The van der Waals surface area contributed by atoms with Crippen LogP contribution in [0.1, 0.15) is 12.8 Å². The second kappa shape index (κ2) is 7.31. The van der Waals surface area contributed by atoms with E-state index in [1.165, 1.54) is 12.7 Å². The Morgan fingerprint density at radius 2 is 2.24 bits per heavy atom. The molecule has 1 aliphatic rings. The van der Waals surface area contributed by atoms with Gasteiger partial charge in [-0.1, -0.05) is 0 Å². The fraction of sp³-hybridized carbons (Fsp3) is 1.00. The molecule has 1 rings (SSSR count). The number of hydrogen-bond acceptors (Lipinski definition) is 5. The number of nitrogens with zero attached hydrogens (tertiary/aromatic N) is 1. The first-order valence-electron chi connectivity index (χ1n) is 6.14. The van der Waals surface area contributed by atoms with E-state index in [-0.39, 0.29) is 5.75 Å². The number of ether oxygens (including phenoxy) is 1. The van der Waals surface area contributed by atoms with Crippen LogP contribution in [0.5, 0.6) is 0 Å². The first kappa shape index (κ1) is 14.9. The minimum atomic E-state index is -2.85. The molecule has 0 radical (unpaired) electrons. The Kier molecular flexibility index (Phi) is 6.40. The van der Waals surface area contributed by atoms with Crippen LogP contribution < -0.4 is 5.32 Å². The van der Waals surface area contributed by atoms with Crippen molar-refractivity contribution < 1.29 is 13.2 Å². The molecule has 0 bridgehead atoms. The predicted molar refractivity (Wildman–Crippen MR) is 69.1 cm³/mol. The van der Waals surface area contributed by atoms with Gasteiger partial charge < -0.3 is 10.1 Å². The van der Waals surface area contributed by atoms with Crippen LogP contribution >= 0.6 is 0 Å². The fourth-order valence-electron chi connectivity index (χ4n) is 2.15. The van der Waals surface area contributed by atoms with E-state index in [1.54, 1.807) is 7.11 Å². The summed E-state index contributed by atoms with van der Waals surface area (Å²) < 4.78 is 27.2. The topological polar surface area (TPSA) is 58.6 Å². The zero-order valence-electron chi connectivity index (χ0n) is 10.8. The van der Waals surface area contributed by atoms with Crippen molar-refractivity contribution in [3.63, 3.8) is 0 Å². The minimum Gasteiger partial charge on any atom is -0.383 e. The van der Waals surface area contributed by atoms with Crippen molar-refractivity contribution in [1.82, 2.24) is 10.2 Å². The van der Waals surface area contributed by atoms with Crippen molar-refractivity contribution in [3.05, 3.63) is 0 Å².